The molecule has 0 unspecified atom stereocenters. The summed E-state index contributed by atoms with van der Waals surface area (Å²) in [4.78, 5) is 39.5. The van der Waals surface area contributed by atoms with Gasteiger partial charge >= 0.3 is 0 Å². The zero-order valence-electron chi connectivity index (χ0n) is 17.6. The second-order valence-corrected chi connectivity index (χ2v) is 8.13. The van der Waals surface area contributed by atoms with E-state index in [1.807, 2.05) is 66.7 Å². The molecule has 0 radical (unpaired) electrons. The maximum Gasteiger partial charge on any atom is 0.251 e. The van der Waals surface area contributed by atoms with Crippen molar-refractivity contribution in [2.75, 3.05) is 19.6 Å². The molecule has 158 valence electrons. The number of hydrogen-bond acceptors (Lipinski definition) is 3. The second-order valence-electron chi connectivity index (χ2n) is 8.13. The molecule has 0 spiro atoms. The first kappa shape index (κ1) is 20.8. The summed E-state index contributed by atoms with van der Waals surface area (Å²) >= 11 is 0. The van der Waals surface area contributed by atoms with Crippen LogP contribution in [0.1, 0.15) is 35.7 Å². The van der Waals surface area contributed by atoms with Gasteiger partial charge in [0.25, 0.3) is 5.91 Å². The van der Waals surface area contributed by atoms with Gasteiger partial charge in [-0.3, -0.25) is 14.4 Å². The van der Waals surface area contributed by atoms with Crippen molar-refractivity contribution in [3.63, 3.8) is 0 Å². The molecule has 3 aromatic rings. The molecular weight excluding hydrogens is 388 g/mol. The fourth-order valence-electron chi connectivity index (χ4n) is 4.44. The van der Waals surface area contributed by atoms with Gasteiger partial charge in [-0.05, 0) is 48.2 Å². The lowest BCUT2D eigenvalue weighted by molar-refractivity contribution is -0.134. The Bertz CT molecular complexity index is 1120. The fraction of sp³-hybridized carbons (Fsp3) is 0.269. The van der Waals surface area contributed by atoms with E-state index in [4.69, 9.17) is 0 Å². The van der Waals surface area contributed by atoms with E-state index < -0.39 is 5.41 Å². The number of rotatable bonds is 5. The van der Waals surface area contributed by atoms with Crippen molar-refractivity contribution in [2.24, 2.45) is 0 Å². The lowest BCUT2D eigenvalue weighted by atomic mass is 9.70. The minimum Gasteiger partial charge on any atom is -0.343 e. The van der Waals surface area contributed by atoms with Crippen LogP contribution in [0.15, 0.2) is 72.8 Å². The van der Waals surface area contributed by atoms with Crippen LogP contribution in [0.25, 0.3) is 10.8 Å². The number of carbonyl (C=O) groups excluding carboxylic acids is 3. The summed E-state index contributed by atoms with van der Waals surface area (Å²) in [6, 6.07) is 23.1. The van der Waals surface area contributed by atoms with Crippen molar-refractivity contribution in [1.82, 2.24) is 10.2 Å². The van der Waals surface area contributed by atoms with Gasteiger partial charge in [-0.15, -0.1) is 0 Å². The topological polar surface area (TPSA) is 66.5 Å². The normalized spacial score (nSPS) is 15.5. The summed E-state index contributed by atoms with van der Waals surface area (Å²) in [5.74, 6) is -0.256. The Morgan fingerprint density at radius 1 is 0.871 bits per heavy atom. The average molecular weight is 415 g/mol. The first-order valence-electron chi connectivity index (χ1n) is 10.6. The molecule has 1 heterocycles. The van der Waals surface area contributed by atoms with Crippen LogP contribution in [0.5, 0.6) is 0 Å². The molecule has 1 fully saturated rings. The van der Waals surface area contributed by atoms with Gasteiger partial charge in [0.05, 0.1) is 12.0 Å². The van der Waals surface area contributed by atoms with Gasteiger partial charge in [0.1, 0.15) is 5.78 Å². The molecule has 1 aliphatic heterocycles. The molecule has 0 bridgehead atoms. The van der Waals surface area contributed by atoms with Crippen molar-refractivity contribution >= 4 is 28.4 Å². The van der Waals surface area contributed by atoms with Gasteiger partial charge in [-0.1, -0.05) is 60.7 Å². The third-order valence-electron chi connectivity index (χ3n) is 6.38. The molecule has 2 amide bonds. The zero-order valence-corrected chi connectivity index (χ0v) is 17.6. The van der Waals surface area contributed by atoms with Crippen LogP contribution >= 0.6 is 0 Å². The summed E-state index contributed by atoms with van der Waals surface area (Å²) in [5.41, 5.74) is 1.01. The standard InChI is InChI=1S/C26H26N2O3/c1-19(29)26(23-9-3-2-4-10-23)13-15-28(16-14-26)24(30)18-27-25(31)22-12-11-20-7-5-6-8-21(20)17-22/h2-12,17H,13-16,18H2,1H3,(H,27,31). The van der Waals surface area contributed by atoms with E-state index in [-0.39, 0.29) is 24.1 Å². The third kappa shape index (κ3) is 4.22. The van der Waals surface area contributed by atoms with Crippen molar-refractivity contribution in [2.45, 2.75) is 25.2 Å². The molecule has 0 aliphatic carbocycles. The quantitative estimate of drug-likeness (QED) is 0.692. The molecular formula is C26H26N2O3. The molecule has 3 aromatic carbocycles. The van der Waals surface area contributed by atoms with Crippen LogP contribution in [0.3, 0.4) is 0 Å². The molecule has 4 rings (SSSR count). The van der Waals surface area contributed by atoms with Gasteiger partial charge in [0.2, 0.25) is 5.91 Å². The molecule has 31 heavy (non-hydrogen) atoms. The molecule has 1 saturated heterocycles. The zero-order chi connectivity index (χ0) is 21.8. The molecule has 0 atom stereocenters. The Balaban J connectivity index is 1.36. The highest BCUT2D eigenvalue weighted by molar-refractivity contribution is 6.00. The monoisotopic (exact) mass is 414 g/mol. The molecule has 1 aliphatic rings. The largest absolute Gasteiger partial charge is 0.343 e. The number of likely N-dealkylation sites (tertiary alicyclic amines) is 1. The van der Waals surface area contributed by atoms with Gasteiger partial charge in [-0.2, -0.15) is 0 Å². The first-order chi connectivity index (χ1) is 15.0. The van der Waals surface area contributed by atoms with Gasteiger partial charge in [-0.25, -0.2) is 0 Å². The Labute approximate surface area is 182 Å². The maximum atomic E-state index is 12.7. The van der Waals surface area contributed by atoms with Crippen LogP contribution in [-0.2, 0) is 15.0 Å². The van der Waals surface area contributed by atoms with Crippen LogP contribution < -0.4 is 5.32 Å². The first-order valence-corrected chi connectivity index (χ1v) is 10.6. The number of ketones is 1. The van der Waals surface area contributed by atoms with Gasteiger partial charge in [0, 0.05) is 18.7 Å². The average Bonchev–Trinajstić information content (AvgIpc) is 2.82. The van der Waals surface area contributed by atoms with Crippen molar-refractivity contribution in [3.8, 4) is 0 Å². The highest BCUT2D eigenvalue weighted by atomic mass is 16.2. The number of Topliss-reactive ketones (excluding diaryl/α,β-unsaturated/α-hetero) is 1. The van der Waals surface area contributed by atoms with Crippen LogP contribution in [-0.4, -0.2) is 42.1 Å². The van der Waals surface area contributed by atoms with E-state index in [9.17, 15) is 14.4 Å². The van der Waals surface area contributed by atoms with E-state index in [2.05, 4.69) is 5.32 Å². The molecule has 0 saturated carbocycles. The smallest absolute Gasteiger partial charge is 0.251 e. The maximum absolute atomic E-state index is 12.7. The SMILES string of the molecule is CC(=O)C1(c2ccccc2)CCN(C(=O)CNC(=O)c2ccc3ccccc3c2)CC1. The Morgan fingerprint density at radius 3 is 2.19 bits per heavy atom. The van der Waals surface area contributed by atoms with Gasteiger partial charge in [0.15, 0.2) is 0 Å². The van der Waals surface area contributed by atoms with E-state index >= 15 is 0 Å². The lowest BCUT2D eigenvalue weighted by Crippen LogP contribution is -2.50. The summed E-state index contributed by atoms with van der Waals surface area (Å²) in [7, 11) is 0. The van der Waals surface area contributed by atoms with E-state index in [0.717, 1.165) is 16.3 Å². The molecule has 1 N–H and O–H groups in total. The lowest BCUT2D eigenvalue weighted by Gasteiger charge is -2.40. The number of nitrogens with zero attached hydrogens (tertiary/aromatic N) is 1. The van der Waals surface area contributed by atoms with Crippen molar-refractivity contribution in [3.05, 3.63) is 83.9 Å². The minimum absolute atomic E-state index is 0.0515. The predicted octanol–water partition coefficient (Wildman–Crippen LogP) is 3.72. The number of piperidine rings is 1. The number of nitrogens with one attached hydrogen (secondary N) is 1. The van der Waals surface area contributed by atoms with Crippen molar-refractivity contribution in [1.29, 1.82) is 0 Å². The second kappa shape index (κ2) is 8.72. The van der Waals surface area contributed by atoms with Gasteiger partial charge < -0.3 is 10.2 Å². The fourth-order valence-corrected chi connectivity index (χ4v) is 4.44. The Hall–Kier alpha value is -3.47. The summed E-state index contributed by atoms with van der Waals surface area (Å²) < 4.78 is 0. The number of hydrogen-bond donors (Lipinski definition) is 1. The molecule has 5 nitrogen and oxygen atoms in total. The van der Waals surface area contributed by atoms with Crippen LogP contribution in [0.4, 0.5) is 0 Å². The van der Waals surface area contributed by atoms with E-state index in [1.165, 1.54) is 0 Å². The number of amides is 2. The summed E-state index contributed by atoms with van der Waals surface area (Å²) in [5, 5.41) is 4.79. The van der Waals surface area contributed by atoms with E-state index in [0.29, 0.717) is 31.5 Å². The van der Waals surface area contributed by atoms with Crippen LogP contribution in [0.2, 0.25) is 0 Å². The Morgan fingerprint density at radius 2 is 1.52 bits per heavy atom. The predicted molar refractivity (Wildman–Crippen MR) is 121 cm³/mol. The Kier molecular flexibility index (Phi) is 5.85. The van der Waals surface area contributed by atoms with Crippen LogP contribution in [0, 0.1) is 0 Å². The molecule has 5 heteroatoms. The third-order valence-corrected chi connectivity index (χ3v) is 6.38. The molecule has 0 aromatic heterocycles. The highest BCUT2D eigenvalue weighted by Crippen LogP contribution is 2.36. The number of carbonyl (C=O) groups is 3. The summed E-state index contributed by atoms with van der Waals surface area (Å²) in [6.45, 7) is 2.58. The van der Waals surface area contributed by atoms with Crippen molar-refractivity contribution < 1.29 is 14.4 Å². The number of fused-ring (bicyclic) bond motifs is 1. The summed E-state index contributed by atoms with van der Waals surface area (Å²) in [6.07, 6.45) is 1.19. The highest BCUT2D eigenvalue weighted by Gasteiger charge is 2.41. The van der Waals surface area contributed by atoms with E-state index in [1.54, 1.807) is 17.9 Å². The number of benzene rings is 3. The minimum atomic E-state index is -0.535.